The van der Waals surface area contributed by atoms with Crippen LogP contribution in [-0.4, -0.2) is 37.1 Å². The number of carbonyl (C=O) groups is 1. The number of ether oxygens (including phenoxy) is 1. The summed E-state index contributed by atoms with van der Waals surface area (Å²) in [5.74, 6) is -0.0455. The zero-order valence-corrected chi connectivity index (χ0v) is 16.5. The number of hydrogen-bond donors (Lipinski definition) is 0. The first-order chi connectivity index (χ1) is 10.9. The van der Waals surface area contributed by atoms with Gasteiger partial charge >= 0.3 is 5.97 Å². The van der Waals surface area contributed by atoms with Crippen molar-refractivity contribution in [1.82, 2.24) is 4.90 Å². The maximum atomic E-state index is 11.7. The zero-order chi connectivity index (χ0) is 17.6. The molecule has 0 saturated carbocycles. The van der Waals surface area contributed by atoms with Crippen molar-refractivity contribution >= 4 is 5.97 Å². The van der Waals surface area contributed by atoms with Crippen molar-refractivity contribution in [3.63, 3.8) is 0 Å². The predicted octanol–water partition coefficient (Wildman–Crippen LogP) is 5.57. The molecule has 0 amide bonds. The van der Waals surface area contributed by atoms with E-state index in [2.05, 4.69) is 25.7 Å². The van der Waals surface area contributed by atoms with Crippen LogP contribution in [0.1, 0.15) is 97.8 Å². The average Bonchev–Trinajstić information content (AvgIpc) is 2.50. The second kappa shape index (κ2) is 13.8. The number of esters is 1. The Hall–Kier alpha value is -0.570. The third-order valence-corrected chi connectivity index (χ3v) is 4.78. The summed E-state index contributed by atoms with van der Waals surface area (Å²) >= 11 is 0. The molecule has 0 rings (SSSR count). The van der Waals surface area contributed by atoms with E-state index in [9.17, 15) is 4.79 Å². The Morgan fingerprint density at radius 3 is 1.70 bits per heavy atom. The van der Waals surface area contributed by atoms with Crippen LogP contribution in [0.25, 0.3) is 0 Å². The second-order valence-corrected chi connectivity index (χ2v) is 7.65. The van der Waals surface area contributed by atoms with Crippen molar-refractivity contribution in [3.05, 3.63) is 0 Å². The molecule has 0 radical (unpaired) electrons. The summed E-state index contributed by atoms with van der Waals surface area (Å²) in [7, 11) is 4.02. The summed E-state index contributed by atoms with van der Waals surface area (Å²) in [6.45, 7) is 6.90. The van der Waals surface area contributed by atoms with Crippen molar-refractivity contribution in [2.24, 2.45) is 0 Å². The topological polar surface area (TPSA) is 29.5 Å². The van der Waals surface area contributed by atoms with Crippen LogP contribution in [0.5, 0.6) is 0 Å². The predicted molar refractivity (Wildman–Crippen MR) is 99.8 cm³/mol. The molecule has 0 aliphatic heterocycles. The highest BCUT2D eigenvalue weighted by atomic mass is 16.5. The lowest BCUT2D eigenvalue weighted by atomic mass is 10.1. The quantitative estimate of drug-likeness (QED) is 0.291. The number of nitrogens with zero attached hydrogens (tertiary/aromatic N) is 1. The van der Waals surface area contributed by atoms with E-state index in [1.807, 2.05) is 14.1 Å². The minimum absolute atomic E-state index is 0.0455. The van der Waals surface area contributed by atoms with Gasteiger partial charge in [-0.3, -0.25) is 4.79 Å². The van der Waals surface area contributed by atoms with Gasteiger partial charge in [-0.1, -0.05) is 71.1 Å². The van der Waals surface area contributed by atoms with Crippen molar-refractivity contribution in [2.45, 2.75) is 103 Å². The van der Waals surface area contributed by atoms with Gasteiger partial charge in [-0.05, 0) is 34.4 Å². The van der Waals surface area contributed by atoms with Crippen LogP contribution in [-0.2, 0) is 9.53 Å². The zero-order valence-electron chi connectivity index (χ0n) is 16.5. The first-order valence-electron chi connectivity index (χ1n) is 9.73. The molecule has 0 N–H and O–H groups in total. The minimum atomic E-state index is -0.0905. The minimum Gasteiger partial charge on any atom is -0.464 e. The Balaban J connectivity index is 3.36. The molecular formula is C20H41NO2. The van der Waals surface area contributed by atoms with Gasteiger partial charge < -0.3 is 9.64 Å². The van der Waals surface area contributed by atoms with Gasteiger partial charge in [0.2, 0.25) is 0 Å². The summed E-state index contributed by atoms with van der Waals surface area (Å²) in [4.78, 5) is 13.8. The maximum Gasteiger partial charge on any atom is 0.305 e. The molecule has 0 aliphatic carbocycles. The monoisotopic (exact) mass is 327 g/mol. The normalized spacial score (nSPS) is 11.9. The Labute approximate surface area is 145 Å². The van der Waals surface area contributed by atoms with E-state index in [0.29, 0.717) is 13.0 Å². The Bertz CT molecular complexity index is 287. The molecule has 0 aromatic rings. The molecule has 0 fully saturated rings. The van der Waals surface area contributed by atoms with E-state index in [0.717, 1.165) is 12.8 Å². The first kappa shape index (κ1) is 22.4. The molecule has 0 aliphatic rings. The van der Waals surface area contributed by atoms with Crippen LogP contribution in [0.4, 0.5) is 0 Å². The Kier molecular flexibility index (Phi) is 13.5. The van der Waals surface area contributed by atoms with Crippen molar-refractivity contribution in [2.75, 3.05) is 20.7 Å². The molecule has 0 saturated heterocycles. The summed E-state index contributed by atoms with van der Waals surface area (Å²) in [5, 5.41) is 0. The highest BCUT2D eigenvalue weighted by Gasteiger charge is 2.22. The molecule has 0 aromatic carbocycles. The molecule has 0 spiro atoms. The van der Waals surface area contributed by atoms with E-state index >= 15 is 0 Å². The van der Waals surface area contributed by atoms with E-state index in [-0.39, 0.29) is 11.5 Å². The highest BCUT2D eigenvalue weighted by molar-refractivity contribution is 5.69. The van der Waals surface area contributed by atoms with Crippen LogP contribution < -0.4 is 0 Å². The average molecular weight is 328 g/mol. The third-order valence-electron chi connectivity index (χ3n) is 4.78. The van der Waals surface area contributed by atoms with E-state index in [1.54, 1.807) is 0 Å². The fraction of sp³-hybridized carbons (Fsp3) is 0.950. The summed E-state index contributed by atoms with van der Waals surface area (Å²) in [6.07, 6.45) is 14.9. The van der Waals surface area contributed by atoms with Crippen LogP contribution >= 0.6 is 0 Å². The van der Waals surface area contributed by atoms with Gasteiger partial charge in [-0.15, -0.1) is 0 Å². The van der Waals surface area contributed by atoms with Gasteiger partial charge in [-0.2, -0.15) is 0 Å². The van der Waals surface area contributed by atoms with Crippen molar-refractivity contribution < 1.29 is 9.53 Å². The van der Waals surface area contributed by atoms with Gasteiger partial charge in [0.1, 0.15) is 6.61 Å². The van der Waals surface area contributed by atoms with Crippen LogP contribution in [0, 0.1) is 0 Å². The number of hydrogen-bond acceptors (Lipinski definition) is 3. The van der Waals surface area contributed by atoms with E-state index < -0.39 is 0 Å². The smallest absolute Gasteiger partial charge is 0.305 e. The number of unbranched alkanes of at least 4 members (excludes halogenated alkanes) is 10. The SMILES string of the molecule is CCCCCCCCCCCCCC(=O)OCC(C)(C)N(C)C. The lowest BCUT2D eigenvalue weighted by Crippen LogP contribution is -2.43. The molecular weight excluding hydrogens is 286 g/mol. The highest BCUT2D eigenvalue weighted by Crippen LogP contribution is 2.13. The van der Waals surface area contributed by atoms with E-state index in [4.69, 9.17) is 4.74 Å². The Morgan fingerprint density at radius 2 is 1.26 bits per heavy atom. The summed E-state index contributed by atoms with van der Waals surface area (Å²) in [6, 6.07) is 0. The second-order valence-electron chi connectivity index (χ2n) is 7.65. The molecule has 0 bridgehead atoms. The molecule has 0 aromatic heterocycles. The molecule has 0 unspecified atom stereocenters. The molecule has 3 nitrogen and oxygen atoms in total. The molecule has 3 heteroatoms. The van der Waals surface area contributed by atoms with Crippen molar-refractivity contribution in [3.8, 4) is 0 Å². The number of rotatable bonds is 15. The molecule has 138 valence electrons. The summed E-state index contributed by atoms with van der Waals surface area (Å²) in [5.41, 5.74) is -0.0905. The van der Waals surface area contributed by atoms with Crippen LogP contribution in [0.2, 0.25) is 0 Å². The number of likely N-dealkylation sites (N-methyl/N-ethyl adjacent to an activating group) is 1. The lowest BCUT2D eigenvalue weighted by Gasteiger charge is -2.31. The summed E-state index contributed by atoms with van der Waals surface area (Å²) < 4.78 is 5.38. The Morgan fingerprint density at radius 1 is 0.826 bits per heavy atom. The van der Waals surface area contributed by atoms with Gasteiger partial charge in [0, 0.05) is 12.0 Å². The van der Waals surface area contributed by atoms with Gasteiger partial charge in [0.25, 0.3) is 0 Å². The largest absolute Gasteiger partial charge is 0.464 e. The number of carbonyl (C=O) groups excluding carboxylic acids is 1. The fourth-order valence-electron chi connectivity index (χ4n) is 2.39. The fourth-order valence-corrected chi connectivity index (χ4v) is 2.39. The lowest BCUT2D eigenvalue weighted by molar-refractivity contribution is -0.147. The van der Waals surface area contributed by atoms with Gasteiger partial charge in [0.05, 0.1) is 0 Å². The molecule has 0 atom stereocenters. The first-order valence-corrected chi connectivity index (χ1v) is 9.73. The van der Waals surface area contributed by atoms with Gasteiger partial charge in [0.15, 0.2) is 0 Å². The van der Waals surface area contributed by atoms with Crippen LogP contribution in [0.15, 0.2) is 0 Å². The third kappa shape index (κ3) is 13.6. The molecule has 23 heavy (non-hydrogen) atoms. The van der Waals surface area contributed by atoms with Crippen LogP contribution in [0.3, 0.4) is 0 Å². The standard InChI is InChI=1S/C20H41NO2/c1-6-7-8-9-10-11-12-13-14-15-16-17-19(22)23-18-20(2,3)21(4)5/h6-18H2,1-5H3. The van der Waals surface area contributed by atoms with Gasteiger partial charge in [-0.25, -0.2) is 0 Å². The van der Waals surface area contributed by atoms with Crippen molar-refractivity contribution in [1.29, 1.82) is 0 Å². The molecule has 0 heterocycles. The maximum absolute atomic E-state index is 11.7. The van der Waals surface area contributed by atoms with E-state index in [1.165, 1.54) is 57.8 Å².